The summed E-state index contributed by atoms with van der Waals surface area (Å²) in [5, 5.41) is 4.61. The second-order valence-electron chi connectivity index (χ2n) is 9.84. The van der Waals surface area contributed by atoms with E-state index in [1.54, 1.807) is 24.7 Å². The molecule has 2 atom stereocenters. The number of amides is 3. The Morgan fingerprint density at radius 3 is 2.61 bits per heavy atom. The molecule has 14 heteroatoms. The maximum Gasteiger partial charge on any atom is 0.411 e. The number of likely N-dealkylation sites (tertiary alicyclic amines) is 1. The minimum absolute atomic E-state index is 0.0993. The lowest BCUT2D eigenvalue weighted by atomic mass is 10.1. The zero-order valence-corrected chi connectivity index (χ0v) is 21.3. The fourth-order valence-electron chi connectivity index (χ4n) is 4.65. The molecular weight excluding hydrogens is 530 g/mol. The van der Waals surface area contributed by atoms with Gasteiger partial charge in [-0.05, 0) is 55.5 Å². The second-order valence-corrected chi connectivity index (χ2v) is 10.7. The number of carbonyl (C=O) groups excluding carboxylic acids is 3. The molecule has 0 bridgehead atoms. The maximum atomic E-state index is 13.6. The number of aryl methyl sites for hydroxylation is 2. The van der Waals surface area contributed by atoms with Gasteiger partial charge in [-0.25, -0.2) is 4.39 Å². The van der Waals surface area contributed by atoms with Crippen LogP contribution in [0.1, 0.15) is 28.9 Å². The summed E-state index contributed by atoms with van der Waals surface area (Å²) >= 11 is 1.20. The highest BCUT2D eigenvalue weighted by Gasteiger charge is 2.64. The number of alkyl halides is 3. The Morgan fingerprint density at radius 2 is 1.95 bits per heavy atom. The highest BCUT2D eigenvalue weighted by molar-refractivity contribution is 7.97. The van der Waals surface area contributed by atoms with Crippen molar-refractivity contribution in [2.75, 3.05) is 25.0 Å². The predicted octanol–water partition coefficient (Wildman–Crippen LogP) is 2.75. The van der Waals surface area contributed by atoms with Crippen LogP contribution in [0.25, 0.3) is 0 Å². The fraction of sp³-hybridized carbons (Fsp3) is 0.458. The molecule has 204 valence electrons. The third-order valence-electron chi connectivity index (χ3n) is 7.06. The van der Waals surface area contributed by atoms with Gasteiger partial charge in [-0.15, -0.1) is 0 Å². The Kier molecular flexibility index (Phi) is 6.58. The van der Waals surface area contributed by atoms with E-state index in [0.717, 1.165) is 0 Å². The Labute approximate surface area is 219 Å². The van der Waals surface area contributed by atoms with Crippen molar-refractivity contribution in [3.05, 3.63) is 41.5 Å². The molecule has 0 spiro atoms. The zero-order chi connectivity index (χ0) is 27.4. The number of anilines is 1. The average Bonchev–Trinajstić information content (AvgIpc) is 3.42. The van der Waals surface area contributed by atoms with Gasteiger partial charge in [0.05, 0.1) is 11.5 Å². The normalized spacial score (nSPS) is 21.9. The molecule has 1 aromatic heterocycles. The lowest BCUT2D eigenvalue weighted by molar-refractivity contribution is -0.172. The number of aromatic nitrogens is 1. The molecule has 0 unspecified atom stereocenters. The topological polar surface area (TPSA) is 105 Å². The van der Waals surface area contributed by atoms with Crippen molar-refractivity contribution in [3.8, 4) is 5.75 Å². The molecule has 2 fully saturated rings. The molecule has 9 nitrogen and oxygen atoms in total. The highest BCUT2D eigenvalue weighted by Crippen LogP contribution is 2.49. The number of ether oxygens (including phenoxy) is 1. The number of halogens is 4. The van der Waals surface area contributed by atoms with E-state index in [2.05, 4.69) is 10.0 Å². The van der Waals surface area contributed by atoms with Crippen LogP contribution in [0.4, 0.5) is 23.2 Å². The van der Waals surface area contributed by atoms with Crippen LogP contribution in [-0.2, 0) is 16.6 Å². The Hall–Kier alpha value is -3.26. The number of nitrogens with one attached hydrogen (secondary N) is 3. The van der Waals surface area contributed by atoms with Crippen LogP contribution < -0.4 is 20.1 Å². The highest BCUT2D eigenvalue weighted by atomic mass is 32.2. The van der Waals surface area contributed by atoms with Crippen LogP contribution in [0.3, 0.4) is 0 Å². The second kappa shape index (κ2) is 9.49. The molecule has 1 aliphatic carbocycles. The summed E-state index contributed by atoms with van der Waals surface area (Å²) in [5.74, 6) is -3.10. The molecule has 38 heavy (non-hydrogen) atoms. The van der Waals surface area contributed by atoms with Gasteiger partial charge in [-0.1, -0.05) is 0 Å². The molecule has 1 saturated carbocycles. The smallest absolute Gasteiger partial charge is 0.411 e. The van der Waals surface area contributed by atoms with Gasteiger partial charge in [-0.3, -0.25) is 19.1 Å². The minimum atomic E-state index is -4.62. The lowest BCUT2D eigenvalue weighted by Crippen LogP contribution is -2.53. The molecule has 3 N–H and O–H groups in total. The number of carbonyl (C=O) groups is 3. The third-order valence-corrected chi connectivity index (χ3v) is 7.99. The summed E-state index contributed by atoms with van der Waals surface area (Å²) in [6.45, 7) is 1.90. The first-order chi connectivity index (χ1) is 17.9. The van der Waals surface area contributed by atoms with Gasteiger partial charge in [-0.2, -0.15) is 13.2 Å². The van der Waals surface area contributed by atoms with E-state index in [1.807, 2.05) is 5.32 Å². The number of fused-ring (bicyclic) bond motifs is 2. The molecule has 3 heterocycles. The molecule has 3 aliphatic rings. The average molecular weight is 556 g/mol. The van der Waals surface area contributed by atoms with Crippen molar-refractivity contribution < 1.29 is 36.7 Å². The molecule has 0 radical (unpaired) electrons. The number of nitrogens with zero attached hydrogens (tertiary/aromatic N) is 2. The summed E-state index contributed by atoms with van der Waals surface area (Å²) in [7, 11) is 1.69. The van der Waals surface area contributed by atoms with Crippen LogP contribution in [0, 0.1) is 18.7 Å². The van der Waals surface area contributed by atoms with E-state index < -0.39 is 29.4 Å². The molecule has 2 aliphatic heterocycles. The van der Waals surface area contributed by atoms with Crippen molar-refractivity contribution in [1.82, 2.24) is 19.5 Å². The summed E-state index contributed by atoms with van der Waals surface area (Å²) in [4.78, 5) is 39.9. The van der Waals surface area contributed by atoms with E-state index in [1.165, 1.54) is 35.0 Å². The molecule has 3 amide bonds. The summed E-state index contributed by atoms with van der Waals surface area (Å²) in [6.07, 6.45) is -3.41. The number of rotatable bonds is 3. The first-order valence-corrected chi connectivity index (χ1v) is 12.7. The molecule has 1 saturated heterocycles. The summed E-state index contributed by atoms with van der Waals surface area (Å²) in [5.41, 5.74) is -1.28. The molecular formula is C24H25F4N5O4S. The van der Waals surface area contributed by atoms with Crippen molar-refractivity contribution in [2.45, 2.75) is 42.4 Å². The van der Waals surface area contributed by atoms with Crippen LogP contribution in [0.5, 0.6) is 5.75 Å². The zero-order valence-electron chi connectivity index (χ0n) is 20.4. The molecule has 2 aromatic rings. The standard InChI is InChI=1S/C24H25F4N5O4S/c1-12-7-14(3-4-15(12)25)29-20(34)18-19-17(10-32(18)2)38-31-16-9-33(8-13(16)11-37-19)22(36)21(35)30-23(5-6-23)24(26,27)28/h3-4,7,10,13,16,31H,5-6,8-9,11H2,1-2H3,(H,29,34)(H,30,35)/t13-,16-/m0/s1. The largest absolute Gasteiger partial charge is 0.489 e. The van der Waals surface area contributed by atoms with Crippen molar-refractivity contribution >= 4 is 35.4 Å². The van der Waals surface area contributed by atoms with E-state index >= 15 is 0 Å². The van der Waals surface area contributed by atoms with Gasteiger partial charge in [0.2, 0.25) is 0 Å². The van der Waals surface area contributed by atoms with Gasteiger partial charge in [0, 0.05) is 44.0 Å². The van der Waals surface area contributed by atoms with Gasteiger partial charge in [0.1, 0.15) is 11.4 Å². The van der Waals surface area contributed by atoms with Gasteiger partial charge in [0.25, 0.3) is 5.91 Å². The first kappa shape index (κ1) is 26.4. The van der Waals surface area contributed by atoms with Crippen LogP contribution >= 0.6 is 11.9 Å². The summed E-state index contributed by atoms with van der Waals surface area (Å²) < 4.78 is 64.0. The first-order valence-electron chi connectivity index (χ1n) is 11.9. The number of benzene rings is 1. The SMILES string of the molecule is Cc1cc(NC(=O)c2c3c(cn2C)SN[C@H]2CN(C(=O)C(=O)NC4(C(F)(F)F)CC4)C[C@H]2CO3)ccc1F. The monoisotopic (exact) mass is 555 g/mol. The van der Waals surface area contributed by atoms with Crippen LogP contribution in [0.2, 0.25) is 0 Å². The van der Waals surface area contributed by atoms with E-state index in [9.17, 15) is 31.9 Å². The number of hydrogen-bond donors (Lipinski definition) is 3. The summed E-state index contributed by atoms with van der Waals surface area (Å²) in [6, 6.07) is 3.94. The van der Waals surface area contributed by atoms with E-state index in [-0.39, 0.29) is 56.0 Å². The van der Waals surface area contributed by atoms with Gasteiger partial charge >= 0.3 is 18.0 Å². The van der Waals surface area contributed by atoms with E-state index in [0.29, 0.717) is 21.9 Å². The maximum absolute atomic E-state index is 13.6. The molecule has 1 aromatic carbocycles. The Bertz CT molecular complexity index is 1310. The Balaban J connectivity index is 1.26. The predicted molar refractivity (Wildman–Crippen MR) is 129 cm³/mol. The van der Waals surface area contributed by atoms with Crippen LogP contribution in [0.15, 0.2) is 29.3 Å². The molecule has 5 rings (SSSR count). The minimum Gasteiger partial charge on any atom is -0.489 e. The lowest BCUT2D eigenvalue weighted by Gasteiger charge is -2.23. The number of hydrogen-bond acceptors (Lipinski definition) is 6. The van der Waals surface area contributed by atoms with Crippen molar-refractivity contribution in [3.63, 3.8) is 0 Å². The third kappa shape index (κ3) is 4.82. The Morgan fingerprint density at radius 1 is 1.21 bits per heavy atom. The van der Waals surface area contributed by atoms with Gasteiger partial charge < -0.3 is 24.8 Å². The fourth-order valence-corrected chi connectivity index (χ4v) is 5.66. The quantitative estimate of drug-likeness (QED) is 0.306. The van der Waals surface area contributed by atoms with Crippen molar-refractivity contribution in [2.24, 2.45) is 13.0 Å². The van der Waals surface area contributed by atoms with Gasteiger partial charge in [0.15, 0.2) is 11.4 Å². The van der Waals surface area contributed by atoms with E-state index in [4.69, 9.17) is 4.74 Å². The van der Waals surface area contributed by atoms with Crippen molar-refractivity contribution in [1.29, 1.82) is 0 Å². The van der Waals surface area contributed by atoms with Crippen LogP contribution in [-0.4, -0.2) is 64.6 Å².